The van der Waals surface area contributed by atoms with E-state index < -0.39 is 21.8 Å². The molecule has 0 saturated carbocycles. The van der Waals surface area contributed by atoms with Crippen molar-refractivity contribution in [3.05, 3.63) is 0 Å². The van der Waals surface area contributed by atoms with Crippen LogP contribution in [0.2, 0.25) is 0 Å². The Bertz CT molecular complexity index is 547. The summed E-state index contributed by atoms with van der Waals surface area (Å²) >= 11 is 0. The summed E-state index contributed by atoms with van der Waals surface area (Å²) in [6, 6.07) is 0. The van der Waals surface area contributed by atoms with Crippen LogP contribution in [0.3, 0.4) is 0 Å². The fraction of sp³-hybridized carbons (Fsp3) is 0.964. The van der Waals surface area contributed by atoms with E-state index in [-0.39, 0.29) is 6.10 Å². The van der Waals surface area contributed by atoms with E-state index in [2.05, 4.69) is 13.8 Å². The van der Waals surface area contributed by atoms with Crippen molar-refractivity contribution in [1.82, 2.24) is 0 Å². The molecule has 0 aliphatic rings. The third kappa shape index (κ3) is 26.0. The van der Waals surface area contributed by atoms with Gasteiger partial charge in [0.1, 0.15) is 6.10 Å². The predicted octanol–water partition coefficient (Wildman–Crippen LogP) is 8.80. The second-order valence-corrected chi connectivity index (χ2v) is 11.6. The average molecular weight is 505 g/mol. The van der Waals surface area contributed by atoms with E-state index in [0.29, 0.717) is 0 Å². The highest BCUT2D eigenvalue weighted by atomic mass is 32.2. The SMILES string of the molecule is CCCCCCCCCCCCCC(CCCCCCCCCCCC)OC(=O)CS(=O)(=O)O. The molecule has 204 valence electrons. The van der Waals surface area contributed by atoms with Crippen LogP contribution in [-0.4, -0.2) is 30.8 Å². The first kappa shape index (κ1) is 33.4. The van der Waals surface area contributed by atoms with E-state index in [9.17, 15) is 13.2 Å². The Labute approximate surface area is 211 Å². The second kappa shape index (κ2) is 24.1. The Morgan fingerprint density at radius 3 is 1.18 bits per heavy atom. The minimum Gasteiger partial charge on any atom is -0.462 e. The maximum Gasteiger partial charge on any atom is 0.323 e. The molecule has 1 N–H and O–H groups in total. The molecule has 6 heteroatoms. The zero-order chi connectivity index (χ0) is 25.3. The Morgan fingerprint density at radius 1 is 0.588 bits per heavy atom. The zero-order valence-electron chi connectivity index (χ0n) is 22.5. The maximum absolute atomic E-state index is 11.9. The van der Waals surface area contributed by atoms with Gasteiger partial charge in [0.05, 0.1) is 0 Å². The van der Waals surface area contributed by atoms with E-state index in [1.807, 2.05) is 0 Å². The molecule has 5 nitrogen and oxygen atoms in total. The average Bonchev–Trinajstić information content (AvgIpc) is 2.77. The predicted molar refractivity (Wildman–Crippen MR) is 144 cm³/mol. The molecule has 0 aromatic heterocycles. The lowest BCUT2D eigenvalue weighted by molar-refractivity contribution is -0.146. The van der Waals surface area contributed by atoms with Crippen molar-refractivity contribution < 1.29 is 22.5 Å². The van der Waals surface area contributed by atoms with E-state index >= 15 is 0 Å². The number of carbonyl (C=O) groups is 1. The lowest BCUT2D eigenvalue weighted by Crippen LogP contribution is -2.24. The quantitative estimate of drug-likeness (QED) is 0.0723. The number of hydrogen-bond donors (Lipinski definition) is 1. The van der Waals surface area contributed by atoms with Crippen LogP contribution in [0.1, 0.15) is 162 Å². The summed E-state index contributed by atoms with van der Waals surface area (Å²) in [5.41, 5.74) is 0. The van der Waals surface area contributed by atoms with E-state index in [1.54, 1.807) is 0 Å². The molecule has 0 fully saturated rings. The maximum atomic E-state index is 11.9. The molecule has 0 bridgehead atoms. The van der Waals surface area contributed by atoms with Gasteiger partial charge in [0.25, 0.3) is 10.1 Å². The highest BCUT2D eigenvalue weighted by Gasteiger charge is 2.19. The molecule has 0 rings (SSSR count). The number of rotatable bonds is 26. The van der Waals surface area contributed by atoms with Gasteiger partial charge in [-0.1, -0.05) is 136 Å². The Balaban J connectivity index is 3.99. The van der Waals surface area contributed by atoms with E-state index in [4.69, 9.17) is 9.29 Å². The van der Waals surface area contributed by atoms with Crippen LogP contribution in [0, 0.1) is 0 Å². The molecule has 0 aliphatic heterocycles. The van der Waals surface area contributed by atoms with Gasteiger partial charge in [-0.25, -0.2) is 0 Å². The third-order valence-electron chi connectivity index (χ3n) is 6.61. The largest absolute Gasteiger partial charge is 0.462 e. The Kier molecular flexibility index (Phi) is 23.7. The number of unbranched alkanes of at least 4 members (excludes halogenated alkanes) is 19. The monoisotopic (exact) mass is 504 g/mol. The molecule has 0 spiro atoms. The molecule has 1 unspecified atom stereocenters. The molecule has 0 amide bonds. The van der Waals surface area contributed by atoms with Gasteiger partial charge < -0.3 is 4.74 Å². The van der Waals surface area contributed by atoms with Gasteiger partial charge in [-0.05, 0) is 25.7 Å². The number of esters is 1. The molecule has 0 radical (unpaired) electrons. The molecule has 0 saturated heterocycles. The van der Waals surface area contributed by atoms with Crippen molar-refractivity contribution in [3.8, 4) is 0 Å². The van der Waals surface area contributed by atoms with Crippen molar-refractivity contribution in [1.29, 1.82) is 0 Å². The Morgan fingerprint density at radius 2 is 0.882 bits per heavy atom. The first-order valence-corrected chi connectivity index (χ1v) is 16.1. The van der Waals surface area contributed by atoms with Gasteiger partial charge in [-0.15, -0.1) is 0 Å². The minimum absolute atomic E-state index is 0.234. The van der Waals surface area contributed by atoms with Crippen molar-refractivity contribution in [3.63, 3.8) is 0 Å². The number of hydrogen-bond acceptors (Lipinski definition) is 4. The van der Waals surface area contributed by atoms with Crippen LogP contribution < -0.4 is 0 Å². The van der Waals surface area contributed by atoms with Gasteiger partial charge in [0.2, 0.25) is 0 Å². The number of ether oxygens (including phenoxy) is 1. The summed E-state index contributed by atoms with van der Waals surface area (Å²) in [7, 11) is -4.33. The fourth-order valence-electron chi connectivity index (χ4n) is 4.53. The van der Waals surface area contributed by atoms with Crippen LogP contribution in [0.4, 0.5) is 0 Å². The summed E-state index contributed by atoms with van der Waals surface area (Å²) in [6.45, 7) is 4.49. The number of carbonyl (C=O) groups excluding carboxylic acids is 1. The topological polar surface area (TPSA) is 80.7 Å². The standard InChI is InChI=1S/C28H56O5S/c1-3-5-7-9-11-13-15-17-19-21-23-25-27(33-28(29)26-34(30,31)32)24-22-20-18-16-14-12-10-8-6-4-2/h27H,3-26H2,1-2H3,(H,30,31,32). The summed E-state index contributed by atoms with van der Waals surface area (Å²) in [4.78, 5) is 11.9. The van der Waals surface area contributed by atoms with Gasteiger partial charge in [0, 0.05) is 0 Å². The Hall–Kier alpha value is -0.620. The normalized spacial score (nSPS) is 12.7. The van der Waals surface area contributed by atoms with Crippen LogP contribution in [-0.2, 0) is 19.6 Å². The van der Waals surface area contributed by atoms with Crippen molar-refractivity contribution in [2.24, 2.45) is 0 Å². The molecule has 0 aliphatic carbocycles. The third-order valence-corrected chi connectivity index (χ3v) is 7.21. The van der Waals surface area contributed by atoms with E-state index in [1.165, 1.54) is 109 Å². The minimum atomic E-state index is -4.33. The molecule has 1 atom stereocenters. The first-order valence-electron chi connectivity index (χ1n) is 14.5. The summed E-state index contributed by atoms with van der Waals surface area (Å²) in [5.74, 6) is -1.78. The van der Waals surface area contributed by atoms with Crippen LogP contribution in [0.15, 0.2) is 0 Å². The molecule has 34 heavy (non-hydrogen) atoms. The van der Waals surface area contributed by atoms with Crippen LogP contribution in [0.5, 0.6) is 0 Å². The highest BCUT2D eigenvalue weighted by molar-refractivity contribution is 7.86. The first-order chi connectivity index (χ1) is 16.4. The van der Waals surface area contributed by atoms with Crippen molar-refractivity contribution in [2.75, 3.05) is 5.75 Å². The van der Waals surface area contributed by atoms with Gasteiger partial charge in [0.15, 0.2) is 5.75 Å². The van der Waals surface area contributed by atoms with Crippen molar-refractivity contribution >= 4 is 16.1 Å². The molecule has 0 aromatic rings. The smallest absolute Gasteiger partial charge is 0.323 e. The molecular weight excluding hydrogens is 448 g/mol. The van der Waals surface area contributed by atoms with E-state index in [0.717, 1.165) is 38.5 Å². The summed E-state index contributed by atoms with van der Waals surface area (Å²) in [5, 5.41) is 0. The second-order valence-electron chi connectivity index (χ2n) is 10.1. The fourth-order valence-corrected chi connectivity index (χ4v) is 4.89. The van der Waals surface area contributed by atoms with Gasteiger partial charge in [-0.3, -0.25) is 9.35 Å². The molecular formula is C28H56O5S. The summed E-state index contributed by atoms with van der Waals surface area (Å²) < 4.78 is 36.3. The lowest BCUT2D eigenvalue weighted by Gasteiger charge is -2.18. The lowest BCUT2D eigenvalue weighted by atomic mass is 10.0. The highest BCUT2D eigenvalue weighted by Crippen LogP contribution is 2.18. The van der Waals surface area contributed by atoms with Gasteiger partial charge >= 0.3 is 5.97 Å². The van der Waals surface area contributed by atoms with Crippen LogP contribution in [0.25, 0.3) is 0 Å². The molecule has 0 aromatic carbocycles. The zero-order valence-corrected chi connectivity index (χ0v) is 23.4. The van der Waals surface area contributed by atoms with Crippen LogP contribution >= 0.6 is 0 Å². The van der Waals surface area contributed by atoms with Gasteiger partial charge in [-0.2, -0.15) is 8.42 Å². The summed E-state index contributed by atoms with van der Waals surface area (Å²) in [6.07, 6.45) is 27.8. The van der Waals surface area contributed by atoms with Crippen molar-refractivity contribution in [2.45, 2.75) is 168 Å². The molecule has 0 heterocycles.